The third-order valence-corrected chi connectivity index (χ3v) is 4.94. The number of amides is 1. The maximum atomic E-state index is 12.5. The number of piperidine rings is 1. The molecule has 0 saturated carbocycles. The lowest BCUT2D eigenvalue weighted by Crippen LogP contribution is -2.47. The smallest absolute Gasteiger partial charge is 0.226 e. The predicted molar refractivity (Wildman–Crippen MR) is 102 cm³/mol. The van der Waals surface area contributed by atoms with Gasteiger partial charge in [0, 0.05) is 56.1 Å². The molecule has 0 radical (unpaired) electrons. The van der Waals surface area contributed by atoms with E-state index in [1.54, 1.807) is 0 Å². The van der Waals surface area contributed by atoms with Crippen LogP contribution >= 0.6 is 0 Å². The number of nitrogens with zero attached hydrogens (tertiary/aromatic N) is 3. The van der Waals surface area contributed by atoms with Crippen molar-refractivity contribution in [2.45, 2.75) is 38.6 Å². The number of pyridine rings is 1. The quantitative estimate of drug-likeness (QED) is 0.809. The zero-order valence-corrected chi connectivity index (χ0v) is 15.0. The van der Waals surface area contributed by atoms with Crippen LogP contribution in [0.3, 0.4) is 0 Å². The van der Waals surface area contributed by atoms with E-state index in [1.165, 1.54) is 0 Å². The lowest BCUT2D eigenvalue weighted by Gasteiger charge is -2.38. The zero-order chi connectivity index (χ0) is 17.5. The Morgan fingerprint density at radius 1 is 1.12 bits per heavy atom. The van der Waals surface area contributed by atoms with Gasteiger partial charge in [0.15, 0.2) is 0 Å². The standard InChI is InChI=1S/C21H27N3O/c1-2-21(25)24(19-9-4-3-5-10-19)20-12-16-23(17-13-20)15-11-18-8-6-7-14-22-18/h3-10,14,20H,2,11-13,15-17H2,1H3. The van der Waals surface area contributed by atoms with Gasteiger partial charge in [-0.15, -0.1) is 0 Å². The molecular formula is C21H27N3O. The molecule has 0 unspecified atom stereocenters. The van der Waals surface area contributed by atoms with Crippen LogP contribution in [-0.4, -0.2) is 41.5 Å². The molecule has 1 aliphatic heterocycles. The summed E-state index contributed by atoms with van der Waals surface area (Å²) in [7, 11) is 0. The first kappa shape index (κ1) is 17.6. The topological polar surface area (TPSA) is 36.4 Å². The van der Waals surface area contributed by atoms with Crippen LogP contribution in [0.2, 0.25) is 0 Å². The third kappa shape index (κ3) is 4.67. The van der Waals surface area contributed by atoms with E-state index in [4.69, 9.17) is 0 Å². The van der Waals surface area contributed by atoms with E-state index in [1.807, 2.05) is 60.5 Å². The Bertz CT molecular complexity index is 651. The van der Waals surface area contributed by atoms with Gasteiger partial charge in [0.25, 0.3) is 0 Å². The van der Waals surface area contributed by atoms with Gasteiger partial charge in [0.2, 0.25) is 5.91 Å². The third-order valence-electron chi connectivity index (χ3n) is 4.94. The molecule has 4 heteroatoms. The van der Waals surface area contributed by atoms with Crippen molar-refractivity contribution >= 4 is 11.6 Å². The summed E-state index contributed by atoms with van der Waals surface area (Å²) in [6.45, 7) is 5.06. The summed E-state index contributed by atoms with van der Waals surface area (Å²) in [5, 5.41) is 0. The molecule has 1 amide bonds. The predicted octanol–water partition coefficient (Wildman–Crippen LogP) is 3.53. The van der Waals surface area contributed by atoms with Gasteiger partial charge in [0.1, 0.15) is 0 Å². The van der Waals surface area contributed by atoms with Crippen molar-refractivity contribution in [2.75, 3.05) is 24.5 Å². The van der Waals surface area contributed by atoms with E-state index in [0.717, 1.165) is 50.3 Å². The first-order chi connectivity index (χ1) is 12.3. The maximum absolute atomic E-state index is 12.5. The van der Waals surface area contributed by atoms with Gasteiger partial charge in [-0.3, -0.25) is 9.78 Å². The number of carbonyl (C=O) groups is 1. The number of para-hydroxylation sites is 1. The molecule has 0 aliphatic carbocycles. The van der Waals surface area contributed by atoms with Crippen molar-refractivity contribution in [3.05, 3.63) is 60.4 Å². The van der Waals surface area contributed by atoms with Crippen molar-refractivity contribution in [2.24, 2.45) is 0 Å². The summed E-state index contributed by atoms with van der Waals surface area (Å²) in [5.74, 6) is 0.220. The van der Waals surface area contributed by atoms with Crippen LogP contribution in [0, 0.1) is 0 Å². The average molecular weight is 337 g/mol. The SMILES string of the molecule is CCC(=O)N(c1ccccc1)C1CCN(CCc2ccccn2)CC1. The molecular weight excluding hydrogens is 310 g/mol. The van der Waals surface area contributed by atoms with Gasteiger partial charge >= 0.3 is 0 Å². The highest BCUT2D eigenvalue weighted by Crippen LogP contribution is 2.24. The van der Waals surface area contributed by atoms with Crippen LogP contribution in [0.25, 0.3) is 0 Å². The number of hydrogen-bond donors (Lipinski definition) is 0. The van der Waals surface area contributed by atoms with Crippen LogP contribution in [0.5, 0.6) is 0 Å². The first-order valence-corrected chi connectivity index (χ1v) is 9.27. The van der Waals surface area contributed by atoms with E-state index >= 15 is 0 Å². The molecule has 0 bridgehead atoms. The Kier molecular flexibility index (Phi) is 6.18. The van der Waals surface area contributed by atoms with E-state index in [2.05, 4.69) is 16.0 Å². The molecule has 0 spiro atoms. The van der Waals surface area contributed by atoms with Crippen LogP contribution in [0.1, 0.15) is 31.9 Å². The lowest BCUT2D eigenvalue weighted by molar-refractivity contribution is -0.119. The Balaban J connectivity index is 1.57. The zero-order valence-electron chi connectivity index (χ0n) is 15.0. The molecule has 132 valence electrons. The molecule has 1 aliphatic rings. The molecule has 0 atom stereocenters. The molecule has 1 saturated heterocycles. The van der Waals surface area contributed by atoms with E-state index < -0.39 is 0 Å². The minimum absolute atomic E-state index is 0.220. The summed E-state index contributed by atoms with van der Waals surface area (Å²) >= 11 is 0. The lowest BCUT2D eigenvalue weighted by atomic mass is 10.0. The monoisotopic (exact) mass is 337 g/mol. The number of hydrogen-bond acceptors (Lipinski definition) is 3. The molecule has 1 fully saturated rings. The summed E-state index contributed by atoms with van der Waals surface area (Å²) in [4.78, 5) is 21.4. The summed E-state index contributed by atoms with van der Waals surface area (Å²) in [6, 6.07) is 16.5. The Hall–Kier alpha value is -2.20. The van der Waals surface area contributed by atoms with E-state index in [-0.39, 0.29) is 5.91 Å². The van der Waals surface area contributed by atoms with Crippen LogP contribution in [-0.2, 0) is 11.2 Å². The molecule has 3 rings (SSSR count). The second-order valence-electron chi connectivity index (χ2n) is 6.60. The second-order valence-corrected chi connectivity index (χ2v) is 6.60. The number of carbonyl (C=O) groups excluding carboxylic acids is 1. The van der Waals surface area contributed by atoms with Gasteiger partial charge in [-0.2, -0.15) is 0 Å². The highest BCUT2D eigenvalue weighted by Gasteiger charge is 2.28. The van der Waals surface area contributed by atoms with Gasteiger partial charge in [0.05, 0.1) is 0 Å². The van der Waals surface area contributed by atoms with Gasteiger partial charge in [-0.1, -0.05) is 31.2 Å². The molecule has 2 heterocycles. The molecule has 4 nitrogen and oxygen atoms in total. The van der Waals surface area contributed by atoms with Gasteiger partial charge < -0.3 is 9.80 Å². The summed E-state index contributed by atoms with van der Waals surface area (Å²) in [6.07, 6.45) is 5.46. The molecule has 25 heavy (non-hydrogen) atoms. The van der Waals surface area contributed by atoms with Gasteiger partial charge in [-0.25, -0.2) is 0 Å². The Morgan fingerprint density at radius 2 is 1.84 bits per heavy atom. The first-order valence-electron chi connectivity index (χ1n) is 9.27. The van der Waals surface area contributed by atoms with Crippen LogP contribution in [0.4, 0.5) is 5.69 Å². The highest BCUT2D eigenvalue weighted by atomic mass is 16.2. The number of benzene rings is 1. The minimum atomic E-state index is 0.220. The Morgan fingerprint density at radius 3 is 2.48 bits per heavy atom. The summed E-state index contributed by atoms with van der Waals surface area (Å²) in [5.41, 5.74) is 2.18. The van der Waals surface area contributed by atoms with E-state index in [9.17, 15) is 4.79 Å². The van der Waals surface area contributed by atoms with E-state index in [0.29, 0.717) is 12.5 Å². The van der Waals surface area contributed by atoms with Crippen molar-refractivity contribution in [1.29, 1.82) is 0 Å². The van der Waals surface area contributed by atoms with Crippen molar-refractivity contribution < 1.29 is 4.79 Å². The normalized spacial score (nSPS) is 15.9. The molecule has 0 N–H and O–H groups in total. The van der Waals surface area contributed by atoms with Crippen molar-refractivity contribution in [3.8, 4) is 0 Å². The highest BCUT2D eigenvalue weighted by molar-refractivity contribution is 5.93. The molecule has 1 aromatic carbocycles. The fraction of sp³-hybridized carbons (Fsp3) is 0.429. The van der Waals surface area contributed by atoms with Crippen molar-refractivity contribution in [1.82, 2.24) is 9.88 Å². The minimum Gasteiger partial charge on any atom is -0.309 e. The number of aromatic nitrogens is 1. The molecule has 1 aromatic heterocycles. The van der Waals surface area contributed by atoms with Crippen molar-refractivity contribution in [3.63, 3.8) is 0 Å². The number of rotatable bonds is 6. The summed E-state index contributed by atoms with van der Waals surface area (Å²) < 4.78 is 0. The van der Waals surface area contributed by atoms with Gasteiger partial charge in [-0.05, 0) is 37.1 Å². The largest absolute Gasteiger partial charge is 0.309 e. The Labute approximate surface area is 150 Å². The average Bonchev–Trinajstić information content (AvgIpc) is 2.69. The van der Waals surface area contributed by atoms with Crippen LogP contribution < -0.4 is 4.90 Å². The molecule has 2 aromatic rings. The fourth-order valence-corrected chi connectivity index (χ4v) is 3.54. The number of anilines is 1. The van der Waals surface area contributed by atoms with Crippen LogP contribution in [0.15, 0.2) is 54.7 Å². The fourth-order valence-electron chi connectivity index (χ4n) is 3.54. The number of likely N-dealkylation sites (tertiary alicyclic amines) is 1. The second kappa shape index (κ2) is 8.77. The maximum Gasteiger partial charge on any atom is 0.226 e.